The molecule has 5 rings (SSSR count). The molecule has 0 saturated heterocycles. The van der Waals surface area contributed by atoms with Gasteiger partial charge in [0.1, 0.15) is 23.1 Å². The van der Waals surface area contributed by atoms with Crippen molar-refractivity contribution in [3.8, 4) is 11.5 Å². The van der Waals surface area contributed by atoms with E-state index in [-0.39, 0.29) is 18.3 Å². The van der Waals surface area contributed by atoms with Gasteiger partial charge in [-0.2, -0.15) is 5.10 Å². The Bertz CT molecular complexity index is 1450. The lowest BCUT2D eigenvalue weighted by Crippen LogP contribution is -2.33. The number of nitrogens with zero attached hydrogens (tertiary/aromatic N) is 6. The van der Waals surface area contributed by atoms with Gasteiger partial charge in [-0.1, -0.05) is 18.2 Å². The number of nitrogens with one attached hydrogen (secondary N) is 1. The number of carbonyl (C=O) groups excluding carboxylic acids is 1. The van der Waals surface area contributed by atoms with Gasteiger partial charge in [0.15, 0.2) is 11.5 Å². The Morgan fingerprint density at radius 2 is 1.97 bits per heavy atom. The van der Waals surface area contributed by atoms with Crippen LogP contribution in [0.5, 0.6) is 0 Å². The molecule has 4 aromatic rings. The topological polar surface area (TPSA) is 98.1 Å². The Morgan fingerprint density at radius 3 is 2.72 bits per heavy atom. The van der Waals surface area contributed by atoms with Gasteiger partial charge in [0.25, 0.3) is 0 Å². The van der Waals surface area contributed by atoms with Crippen LogP contribution in [-0.2, 0) is 21.5 Å². The Balaban J connectivity index is 1.68. The standard InChI is InChI=1S/C26H28FN7O2/c1-5-33(13-14-36-4)24-19-21(31-25(35)26(19,2)3)29-22(30-24)20-17-10-8-12-28-23(17)34(32-20)15-16-9-6-7-11-18(16)27/h6-12H,5,13-15H2,1-4H3,(H,29,30,31,35). The zero-order valence-corrected chi connectivity index (χ0v) is 20.7. The van der Waals surface area contributed by atoms with E-state index in [4.69, 9.17) is 19.8 Å². The molecule has 36 heavy (non-hydrogen) atoms. The second kappa shape index (κ2) is 9.27. The first-order valence-corrected chi connectivity index (χ1v) is 11.9. The molecule has 9 nitrogen and oxygen atoms in total. The maximum Gasteiger partial charge on any atom is 0.235 e. The minimum absolute atomic E-state index is 0.135. The van der Waals surface area contributed by atoms with Crippen LogP contribution < -0.4 is 10.2 Å². The average molecular weight is 490 g/mol. The lowest BCUT2D eigenvalue weighted by atomic mass is 9.87. The van der Waals surface area contributed by atoms with E-state index in [1.54, 1.807) is 36.2 Å². The largest absolute Gasteiger partial charge is 0.383 e. The number of hydrogen-bond acceptors (Lipinski definition) is 7. The van der Waals surface area contributed by atoms with Crippen LogP contribution >= 0.6 is 0 Å². The zero-order valence-electron chi connectivity index (χ0n) is 20.7. The molecule has 4 heterocycles. The van der Waals surface area contributed by atoms with Gasteiger partial charge >= 0.3 is 0 Å². The number of carbonyl (C=O) groups is 1. The number of methoxy groups -OCH3 is 1. The number of anilines is 2. The minimum atomic E-state index is -0.794. The van der Waals surface area contributed by atoms with Crippen LogP contribution in [0, 0.1) is 5.82 Å². The summed E-state index contributed by atoms with van der Waals surface area (Å²) >= 11 is 0. The molecule has 0 aliphatic carbocycles. The Labute approximate surface area is 208 Å². The van der Waals surface area contributed by atoms with Gasteiger partial charge in [-0.05, 0) is 39.0 Å². The van der Waals surface area contributed by atoms with Crippen molar-refractivity contribution in [3.63, 3.8) is 0 Å². The summed E-state index contributed by atoms with van der Waals surface area (Å²) in [6.45, 7) is 7.75. The first-order chi connectivity index (χ1) is 17.3. The molecule has 1 N–H and O–H groups in total. The summed E-state index contributed by atoms with van der Waals surface area (Å²) in [4.78, 5) is 29.1. The molecule has 0 fully saturated rings. The lowest BCUT2D eigenvalue weighted by Gasteiger charge is -2.27. The van der Waals surface area contributed by atoms with Gasteiger partial charge in [0.05, 0.1) is 29.5 Å². The molecule has 10 heteroatoms. The SMILES string of the molecule is CCN(CCOC)c1nc(-c2nn(Cc3ccccc3F)c3ncccc23)nc2c1C(C)(C)C(=O)N2. The molecule has 1 aliphatic rings. The highest BCUT2D eigenvalue weighted by molar-refractivity contribution is 6.06. The van der Waals surface area contributed by atoms with Crippen molar-refractivity contribution in [1.82, 2.24) is 24.7 Å². The van der Waals surface area contributed by atoms with Gasteiger partial charge in [0.2, 0.25) is 5.91 Å². The van der Waals surface area contributed by atoms with Crippen molar-refractivity contribution in [3.05, 3.63) is 59.5 Å². The molecule has 0 unspecified atom stereocenters. The normalized spacial score (nSPS) is 14.2. The minimum Gasteiger partial charge on any atom is -0.383 e. The first kappa shape index (κ1) is 23.8. The molecule has 1 aromatic carbocycles. The highest BCUT2D eigenvalue weighted by Gasteiger charge is 2.43. The van der Waals surface area contributed by atoms with Crippen molar-refractivity contribution in [2.45, 2.75) is 32.7 Å². The van der Waals surface area contributed by atoms with Crippen molar-refractivity contribution in [2.75, 3.05) is 37.0 Å². The first-order valence-electron chi connectivity index (χ1n) is 11.9. The van der Waals surface area contributed by atoms with Crippen molar-refractivity contribution >= 4 is 28.6 Å². The summed E-state index contributed by atoms with van der Waals surface area (Å²) in [6.07, 6.45) is 1.67. The second-order valence-electron chi connectivity index (χ2n) is 9.22. The predicted molar refractivity (Wildman–Crippen MR) is 135 cm³/mol. The van der Waals surface area contributed by atoms with E-state index in [0.29, 0.717) is 54.1 Å². The second-order valence-corrected chi connectivity index (χ2v) is 9.22. The molecule has 1 amide bonds. The number of rotatable bonds is 8. The number of ether oxygens (including phenoxy) is 1. The lowest BCUT2D eigenvalue weighted by molar-refractivity contribution is -0.119. The molecular formula is C26H28FN7O2. The fraction of sp³-hybridized carbons (Fsp3) is 0.346. The third kappa shape index (κ3) is 3.97. The summed E-state index contributed by atoms with van der Waals surface area (Å²) in [7, 11) is 1.65. The summed E-state index contributed by atoms with van der Waals surface area (Å²) in [5.41, 5.74) is 1.57. The van der Waals surface area contributed by atoms with E-state index in [0.717, 1.165) is 10.9 Å². The van der Waals surface area contributed by atoms with Crippen LogP contribution in [0.3, 0.4) is 0 Å². The highest BCUT2D eigenvalue weighted by atomic mass is 19.1. The molecule has 1 aliphatic heterocycles. The molecule has 0 spiro atoms. The summed E-state index contributed by atoms with van der Waals surface area (Å²) in [5, 5.41) is 8.44. The third-order valence-corrected chi connectivity index (χ3v) is 6.56. The fourth-order valence-electron chi connectivity index (χ4n) is 4.52. The van der Waals surface area contributed by atoms with Gasteiger partial charge in [-0.15, -0.1) is 0 Å². The third-order valence-electron chi connectivity index (χ3n) is 6.56. The van der Waals surface area contributed by atoms with Crippen LogP contribution in [0.2, 0.25) is 0 Å². The molecule has 0 radical (unpaired) electrons. The molecular weight excluding hydrogens is 461 g/mol. The van der Waals surface area contributed by atoms with Gasteiger partial charge < -0.3 is 15.0 Å². The van der Waals surface area contributed by atoms with Crippen LogP contribution in [0.25, 0.3) is 22.6 Å². The van der Waals surface area contributed by atoms with Crippen molar-refractivity contribution in [1.29, 1.82) is 0 Å². The maximum absolute atomic E-state index is 14.4. The summed E-state index contributed by atoms with van der Waals surface area (Å²) < 4.78 is 21.4. The van der Waals surface area contributed by atoms with E-state index >= 15 is 0 Å². The number of likely N-dealkylation sites (N-methyl/N-ethyl adjacent to an activating group) is 1. The monoisotopic (exact) mass is 489 g/mol. The fourth-order valence-corrected chi connectivity index (χ4v) is 4.52. The van der Waals surface area contributed by atoms with Crippen molar-refractivity contribution < 1.29 is 13.9 Å². The summed E-state index contributed by atoms with van der Waals surface area (Å²) in [5.74, 6) is 1.06. The molecule has 186 valence electrons. The van der Waals surface area contributed by atoms with Crippen LogP contribution in [-0.4, -0.2) is 57.4 Å². The molecule has 0 atom stereocenters. The van der Waals surface area contributed by atoms with Crippen LogP contribution in [0.15, 0.2) is 42.6 Å². The summed E-state index contributed by atoms with van der Waals surface area (Å²) in [6, 6.07) is 10.3. The van der Waals surface area contributed by atoms with Gasteiger partial charge in [-0.3, -0.25) is 4.79 Å². The van der Waals surface area contributed by atoms with E-state index in [9.17, 15) is 9.18 Å². The van der Waals surface area contributed by atoms with Crippen LogP contribution in [0.4, 0.5) is 16.0 Å². The van der Waals surface area contributed by atoms with E-state index in [2.05, 4.69) is 15.2 Å². The molecule has 0 bridgehead atoms. The quantitative estimate of drug-likeness (QED) is 0.402. The number of fused-ring (bicyclic) bond motifs is 2. The number of benzene rings is 1. The average Bonchev–Trinajstić information content (AvgIpc) is 3.34. The van der Waals surface area contributed by atoms with E-state index < -0.39 is 5.41 Å². The number of aromatic nitrogens is 5. The number of halogens is 1. The number of amides is 1. The van der Waals surface area contributed by atoms with Crippen LogP contribution in [0.1, 0.15) is 31.9 Å². The Hall–Kier alpha value is -3.92. The van der Waals surface area contributed by atoms with E-state index in [1.807, 2.05) is 32.9 Å². The number of hydrogen-bond donors (Lipinski definition) is 1. The Morgan fingerprint density at radius 1 is 1.17 bits per heavy atom. The van der Waals surface area contributed by atoms with E-state index in [1.165, 1.54) is 6.07 Å². The van der Waals surface area contributed by atoms with Crippen molar-refractivity contribution in [2.24, 2.45) is 0 Å². The maximum atomic E-state index is 14.4. The number of pyridine rings is 1. The van der Waals surface area contributed by atoms with Gasteiger partial charge in [0, 0.05) is 32.0 Å². The molecule has 3 aromatic heterocycles. The van der Waals surface area contributed by atoms with Gasteiger partial charge in [-0.25, -0.2) is 24.0 Å². The Kier molecular flexibility index (Phi) is 6.13. The molecule has 0 saturated carbocycles. The zero-order chi connectivity index (χ0) is 25.4. The predicted octanol–water partition coefficient (Wildman–Crippen LogP) is 3.78. The smallest absolute Gasteiger partial charge is 0.235 e. The highest BCUT2D eigenvalue weighted by Crippen LogP contribution is 2.43.